The molecule has 1 amide bonds. The Bertz CT molecular complexity index is 2540. The van der Waals surface area contributed by atoms with E-state index in [1.807, 2.05) is 0 Å². The molecule has 69 heavy (non-hydrogen) atoms. The average Bonchev–Trinajstić information content (AvgIpc) is 3.30. The van der Waals surface area contributed by atoms with Gasteiger partial charge in [-0.25, -0.2) is 4.79 Å². The number of ether oxygens (including phenoxy) is 5. The van der Waals surface area contributed by atoms with E-state index in [2.05, 4.69) is 5.32 Å². The van der Waals surface area contributed by atoms with Crippen molar-refractivity contribution < 1.29 is 72.3 Å². The van der Waals surface area contributed by atoms with Gasteiger partial charge >= 0.3 is 23.9 Å². The van der Waals surface area contributed by atoms with Crippen molar-refractivity contribution in [2.24, 2.45) is 22.7 Å². The highest BCUT2D eigenvalue weighted by Crippen LogP contribution is 2.66. The zero-order valence-corrected chi connectivity index (χ0v) is 39.7. The molecule has 1 saturated heterocycles. The van der Waals surface area contributed by atoms with Crippen molar-refractivity contribution in [3.8, 4) is 0 Å². The van der Waals surface area contributed by atoms with Gasteiger partial charge in [0.1, 0.15) is 24.0 Å². The van der Waals surface area contributed by atoms with Gasteiger partial charge in [-0.05, 0) is 49.6 Å². The second kappa shape index (κ2) is 19.6. The van der Waals surface area contributed by atoms with Crippen LogP contribution in [0.4, 0.5) is 0 Å². The molecular formula is C53H59NO15. The topological polar surface area (TPSA) is 235 Å². The van der Waals surface area contributed by atoms with Gasteiger partial charge in [0.25, 0.3) is 5.91 Å². The van der Waals surface area contributed by atoms with Crippen molar-refractivity contribution in [2.45, 2.75) is 128 Å². The first-order valence-electron chi connectivity index (χ1n) is 23.1. The van der Waals surface area contributed by atoms with Crippen LogP contribution in [0.2, 0.25) is 0 Å². The molecule has 0 radical (unpaired) electrons. The zero-order chi connectivity index (χ0) is 50.2. The van der Waals surface area contributed by atoms with Gasteiger partial charge in [0, 0.05) is 67.9 Å². The number of aliphatic hydroxyl groups is 2. The molecule has 7 rings (SSSR count). The van der Waals surface area contributed by atoms with Gasteiger partial charge in [-0.2, -0.15) is 0 Å². The van der Waals surface area contributed by atoms with Crippen LogP contribution in [0.25, 0.3) is 0 Å². The number of hydrogen-bond acceptors (Lipinski definition) is 15. The minimum atomic E-state index is -2.25. The third-order valence-electron chi connectivity index (χ3n) is 14.9. The fraction of sp³-hybridized carbons (Fsp3) is 0.472. The van der Waals surface area contributed by atoms with E-state index in [9.17, 15) is 39.0 Å². The summed E-state index contributed by atoms with van der Waals surface area (Å²) < 4.78 is 30.3. The van der Waals surface area contributed by atoms with Gasteiger partial charge in [0.05, 0.1) is 30.1 Å². The molecule has 3 aromatic rings. The van der Waals surface area contributed by atoms with Crippen LogP contribution >= 0.6 is 0 Å². The van der Waals surface area contributed by atoms with Gasteiger partial charge in [0.15, 0.2) is 23.3 Å². The molecule has 0 aromatic heterocycles. The summed E-state index contributed by atoms with van der Waals surface area (Å²) in [4.78, 5) is 111. The number of Topliss-reactive ketones (excluding diaryl/α,β-unsaturated/α-hetero) is 3. The molecule has 3 aromatic carbocycles. The Balaban J connectivity index is 1.42. The van der Waals surface area contributed by atoms with Gasteiger partial charge in [0.2, 0.25) is 6.10 Å². The maximum Gasteiger partial charge on any atom is 0.350 e. The van der Waals surface area contributed by atoms with Crippen LogP contribution in [0, 0.1) is 22.7 Å². The number of aliphatic hydroxyl groups excluding tert-OH is 1. The zero-order valence-electron chi connectivity index (χ0n) is 39.7. The highest BCUT2D eigenvalue weighted by Gasteiger charge is 2.77. The third kappa shape index (κ3) is 9.29. The van der Waals surface area contributed by atoms with Crippen molar-refractivity contribution in [3.63, 3.8) is 0 Å². The predicted molar refractivity (Wildman–Crippen MR) is 245 cm³/mol. The van der Waals surface area contributed by atoms with Crippen LogP contribution in [-0.4, -0.2) is 106 Å². The van der Waals surface area contributed by atoms with Crippen molar-refractivity contribution in [2.75, 3.05) is 6.61 Å². The molecule has 4 aliphatic rings. The third-order valence-corrected chi connectivity index (χ3v) is 14.9. The van der Waals surface area contributed by atoms with Gasteiger partial charge in [-0.3, -0.25) is 28.8 Å². The van der Waals surface area contributed by atoms with E-state index in [1.165, 1.54) is 27.7 Å². The first-order valence-corrected chi connectivity index (χ1v) is 23.1. The average molecular weight is 950 g/mol. The normalized spacial score (nSPS) is 29.7. The van der Waals surface area contributed by atoms with Crippen molar-refractivity contribution >= 4 is 47.1 Å². The summed E-state index contributed by atoms with van der Waals surface area (Å²) in [6, 6.07) is 23.1. The monoisotopic (exact) mass is 949 g/mol. The molecule has 1 heterocycles. The molecule has 2 saturated carbocycles. The van der Waals surface area contributed by atoms with Crippen LogP contribution in [0.3, 0.4) is 0 Å². The highest BCUT2D eigenvalue weighted by atomic mass is 16.6. The Morgan fingerprint density at radius 1 is 0.812 bits per heavy atom. The summed E-state index contributed by atoms with van der Waals surface area (Å²) in [5.41, 5.74) is -6.53. The number of fused-ring (bicyclic) bond motifs is 5. The highest BCUT2D eigenvalue weighted by molar-refractivity contribution is 5.98. The number of carbonyl (C=O) groups is 8. The quantitative estimate of drug-likeness (QED) is 0.0757. The first kappa shape index (κ1) is 50.5. The van der Waals surface area contributed by atoms with Crippen molar-refractivity contribution in [3.05, 3.63) is 119 Å². The summed E-state index contributed by atoms with van der Waals surface area (Å²) >= 11 is 0. The number of benzene rings is 3. The minimum absolute atomic E-state index is 0.0267. The lowest BCUT2D eigenvalue weighted by Crippen LogP contribution is -2.80. The predicted octanol–water partition coefficient (Wildman–Crippen LogP) is 5.32. The second-order valence-corrected chi connectivity index (χ2v) is 19.4. The number of ketones is 3. The molecule has 11 atom stereocenters. The maximum absolute atomic E-state index is 15.7. The van der Waals surface area contributed by atoms with Crippen molar-refractivity contribution in [1.29, 1.82) is 0 Å². The second-order valence-electron chi connectivity index (χ2n) is 19.4. The molecule has 3 fully saturated rings. The SMILES string of the molecule is CC(=O)CCC(=O)O[C@@H](C(=O)O[C@H]1C[C@@]2(O)[C@@H](CC(=O)c3ccccc3)C3[C@]4(OC(C)=O)COC4C[C@H](O)[C@@]3(C)C(=O)[C@H](OC(C)=O)C(=C1C)C2(C)C)[C@@H](NC(=O)c1ccccc1)c1ccccc1. The van der Waals surface area contributed by atoms with E-state index in [4.69, 9.17) is 23.7 Å². The fourth-order valence-corrected chi connectivity index (χ4v) is 11.4. The summed E-state index contributed by atoms with van der Waals surface area (Å²) in [5.74, 6) is -8.84. The number of amides is 1. The lowest BCUT2D eigenvalue weighted by molar-refractivity contribution is -0.339. The Kier molecular flexibility index (Phi) is 14.3. The molecule has 16 nitrogen and oxygen atoms in total. The van der Waals surface area contributed by atoms with Crippen LogP contribution in [0.15, 0.2) is 102 Å². The number of esters is 4. The standard InChI is InChI=1S/C53H59NO15/c1-29(55)23-24-41(60)68-45(43(34-19-13-9-14-20-34)54-48(62)35-21-15-10-16-22-35)49(63)67-38-27-53(64)36(25-37(58)33-17-11-8-12-18-33)46-51(7,39(59)26-40-52(46,28-65-40)69-32(4)57)47(61)44(66-31(3)56)42(30(38)2)50(53,5)6/h8-22,36,38-40,43-46,59,64H,23-28H2,1-7H3,(H,54,62)/t36-,38-,39-,40?,43-,44+,45+,46?,51+,52-,53+/m0/s1. The lowest BCUT2D eigenvalue weighted by Gasteiger charge is -2.68. The number of hydrogen-bond donors (Lipinski definition) is 3. The van der Waals surface area contributed by atoms with E-state index in [0.717, 1.165) is 6.92 Å². The smallest absolute Gasteiger partial charge is 0.350 e. The Labute approximate surface area is 400 Å². The molecular weight excluding hydrogens is 891 g/mol. The number of nitrogens with one attached hydrogen (secondary N) is 1. The summed E-state index contributed by atoms with van der Waals surface area (Å²) in [5, 5.41) is 29.1. The van der Waals surface area contributed by atoms with Crippen LogP contribution < -0.4 is 5.32 Å². The maximum atomic E-state index is 15.7. The fourth-order valence-electron chi connectivity index (χ4n) is 11.4. The summed E-state index contributed by atoms with van der Waals surface area (Å²) in [7, 11) is 0. The molecule has 16 heteroatoms. The summed E-state index contributed by atoms with van der Waals surface area (Å²) in [6.07, 6.45) is -9.57. The summed E-state index contributed by atoms with van der Waals surface area (Å²) in [6.45, 7) is 9.53. The Morgan fingerprint density at radius 3 is 1.96 bits per heavy atom. The van der Waals surface area contributed by atoms with Crippen molar-refractivity contribution in [1.82, 2.24) is 5.32 Å². The largest absolute Gasteiger partial charge is 0.455 e. The Hall–Kier alpha value is -6.36. The number of carbonyl (C=O) groups excluding carboxylic acids is 8. The van der Waals surface area contributed by atoms with E-state index < -0.39 is 131 Å². The van der Waals surface area contributed by atoms with E-state index in [0.29, 0.717) is 5.56 Å². The molecule has 2 bridgehead atoms. The molecule has 366 valence electrons. The van der Waals surface area contributed by atoms with E-state index in [-0.39, 0.29) is 47.5 Å². The first-order chi connectivity index (χ1) is 32.6. The minimum Gasteiger partial charge on any atom is -0.455 e. The van der Waals surface area contributed by atoms with E-state index >= 15 is 9.59 Å². The van der Waals surface area contributed by atoms with Gasteiger partial charge < -0.3 is 44.0 Å². The lowest BCUT2D eigenvalue weighted by atomic mass is 9.42. The Morgan fingerprint density at radius 2 is 1.41 bits per heavy atom. The van der Waals surface area contributed by atoms with Gasteiger partial charge in [-0.1, -0.05) is 92.7 Å². The molecule has 1 aliphatic heterocycles. The van der Waals surface area contributed by atoms with E-state index in [1.54, 1.807) is 105 Å². The van der Waals surface area contributed by atoms with Crippen LogP contribution in [0.5, 0.6) is 0 Å². The molecule has 3 N–H and O–H groups in total. The molecule has 0 spiro atoms. The van der Waals surface area contributed by atoms with Crippen LogP contribution in [0.1, 0.15) is 113 Å². The molecule has 2 unspecified atom stereocenters. The molecule has 3 aliphatic carbocycles. The van der Waals surface area contributed by atoms with Gasteiger partial charge in [-0.15, -0.1) is 0 Å². The van der Waals surface area contributed by atoms with Crippen LogP contribution in [-0.2, 0) is 52.5 Å². The number of rotatable bonds is 15.